The van der Waals surface area contributed by atoms with Crippen LogP contribution in [0.25, 0.3) is 0 Å². The number of hydrogen-bond acceptors (Lipinski definition) is 3. The van der Waals surface area contributed by atoms with Gasteiger partial charge in [-0.15, -0.1) is 0 Å². The Hall–Kier alpha value is -0.590. The van der Waals surface area contributed by atoms with Gasteiger partial charge in [-0.25, -0.2) is 0 Å². The fourth-order valence-electron chi connectivity index (χ4n) is 2.12. The Kier molecular flexibility index (Phi) is 3.91. The number of rotatable bonds is 4. The smallest absolute Gasteiger partial charge is 0.108 e. The summed E-state index contributed by atoms with van der Waals surface area (Å²) >= 11 is 0. The molecule has 3 nitrogen and oxygen atoms in total. The highest BCUT2D eigenvalue weighted by molar-refractivity contribution is 4.97. The van der Waals surface area contributed by atoms with Crippen molar-refractivity contribution in [2.75, 3.05) is 19.6 Å². The van der Waals surface area contributed by atoms with Crippen LogP contribution in [0.5, 0.6) is 0 Å². The molecule has 1 fully saturated rings. The minimum Gasteiger partial charge on any atom is -0.301 e. The summed E-state index contributed by atoms with van der Waals surface area (Å²) in [7, 11) is 0. The lowest BCUT2D eigenvalue weighted by molar-refractivity contribution is 0.166. The highest BCUT2D eigenvalue weighted by Gasteiger charge is 2.32. The van der Waals surface area contributed by atoms with E-state index in [1.165, 1.54) is 12.8 Å². The summed E-state index contributed by atoms with van der Waals surface area (Å²) in [6.07, 6.45) is 2.51. The zero-order valence-corrected chi connectivity index (χ0v) is 9.51. The summed E-state index contributed by atoms with van der Waals surface area (Å²) in [6.45, 7) is 9.43. The fourth-order valence-corrected chi connectivity index (χ4v) is 2.12. The van der Waals surface area contributed by atoms with Gasteiger partial charge in [-0.2, -0.15) is 5.26 Å². The lowest BCUT2D eigenvalue weighted by Crippen LogP contribution is -2.46. The number of likely N-dealkylation sites (tertiary alicyclic amines) is 1. The van der Waals surface area contributed by atoms with Crippen LogP contribution in [0.3, 0.4) is 0 Å². The van der Waals surface area contributed by atoms with Crippen LogP contribution in [0, 0.1) is 11.3 Å². The Bertz CT molecular complexity index is 217. The lowest BCUT2D eigenvalue weighted by Gasteiger charge is -2.32. The van der Waals surface area contributed by atoms with Gasteiger partial charge < -0.3 is 5.32 Å². The van der Waals surface area contributed by atoms with Crippen molar-refractivity contribution in [2.24, 2.45) is 0 Å². The third-order valence-electron chi connectivity index (χ3n) is 3.08. The summed E-state index contributed by atoms with van der Waals surface area (Å²) in [5.41, 5.74) is 0.282. The van der Waals surface area contributed by atoms with E-state index in [1.54, 1.807) is 0 Å². The largest absolute Gasteiger partial charge is 0.301 e. The second-order valence-electron chi connectivity index (χ2n) is 4.60. The van der Waals surface area contributed by atoms with Crippen molar-refractivity contribution in [3.8, 4) is 6.07 Å². The summed E-state index contributed by atoms with van der Waals surface area (Å²) in [6, 6.07) is 2.30. The maximum absolute atomic E-state index is 8.95. The van der Waals surface area contributed by atoms with Crippen molar-refractivity contribution in [1.82, 2.24) is 10.2 Å². The third kappa shape index (κ3) is 2.70. The first-order chi connectivity index (χ1) is 6.60. The van der Waals surface area contributed by atoms with Gasteiger partial charge in [0.15, 0.2) is 0 Å². The lowest BCUT2D eigenvalue weighted by atomic mass is 10.0. The summed E-state index contributed by atoms with van der Waals surface area (Å²) in [5.74, 6) is 0. The molecular weight excluding hydrogens is 174 g/mol. The molecule has 0 radical (unpaired) electrons. The molecule has 0 aliphatic carbocycles. The average Bonchev–Trinajstić information content (AvgIpc) is 2.45. The number of likely N-dealkylation sites (N-methyl/N-ethyl adjacent to an activating group) is 1. The van der Waals surface area contributed by atoms with Crippen molar-refractivity contribution < 1.29 is 0 Å². The van der Waals surface area contributed by atoms with Crippen LogP contribution < -0.4 is 5.32 Å². The van der Waals surface area contributed by atoms with E-state index in [2.05, 4.69) is 30.1 Å². The van der Waals surface area contributed by atoms with Gasteiger partial charge in [0.1, 0.15) is 6.04 Å². The normalized spacial score (nSPS) is 23.3. The van der Waals surface area contributed by atoms with Crippen LogP contribution in [0.1, 0.15) is 33.6 Å². The first-order valence-electron chi connectivity index (χ1n) is 5.48. The third-order valence-corrected chi connectivity index (χ3v) is 3.08. The molecule has 0 spiro atoms. The zero-order valence-electron chi connectivity index (χ0n) is 9.51. The molecule has 1 heterocycles. The number of nitrogens with one attached hydrogen (secondary N) is 1. The van der Waals surface area contributed by atoms with Gasteiger partial charge in [-0.05, 0) is 39.8 Å². The maximum atomic E-state index is 8.95. The Morgan fingerprint density at radius 2 is 2.29 bits per heavy atom. The molecule has 1 atom stereocenters. The Labute approximate surface area is 87.1 Å². The quantitative estimate of drug-likeness (QED) is 0.736. The monoisotopic (exact) mass is 195 g/mol. The van der Waals surface area contributed by atoms with Gasteiger partial charge >= 0.3 is 0 Å². The summed E-state index contributed by atoms with van der Waals surface area (Å²) in [4.78, 5) is 2.42. The van der Waals surface area contributed by atoms with E-state index >= 15 is 0 Å². The zero-order chi connectivity index (χ0) is 10.6. The van der Waals surface area contributed by atoms with Crippen molar-refractivity contribution in [1.29, 1.82) is 5.26 Å². The number of nitriles is 1. The van der Waals surface area contributed by atoms with Gasteiger partial charge in [0.2, 0.25) is 0 Å². The predicted octanol–water partition coefficient (Wildman–Crippen LogP) is 1.36. The molecule has 14 heavy (non-hydrogen) atoms. The molecule has 1 aliphatic rings. The van der Waals surface area contributed by atoms with E-state index in [-0.39, 0.29) is 11.6 Å². The van der Waals surface area contributed by atoms with Crippen molar-refractivity contribution in [3.63, 3.8) is 0 Å². The van der Waals surface area contributed by atoms with Gasteiger partial charge in [0.05, 0.1) is 6.07 Å². The minimum absolute atomic E-state index is 0.0163. The number of nitrogens with zero attached hydrogens (tertiary/aromatic N) is 2. The Morgan fingerprint density at radius 1 is 1.57 bits per heavy atom. The topological polar surface area (TPSA) is 39.1 Å². The molecule has 0 bridgehead atoms. The first-order valence-corrected chi connectivity index (χ1v) is 5.48. The Morgan fingerprint density at radius 3 is 2.71 bits per heavy atom. The van der Waals surface area contributed by atoms with E-state index in [1.807, 2.05) is 6.92 Å². The molecule has 0 aromatic carbocycles. The predicted molar refractivity (Wildman–Crippen MR) is 58.0 cm³/mol. The van der Waals surface area contributed by atoms with Crippen LogP contribution in [0.4, 0.5) is 0 Å². The van der Waals surface area contributed by atoms with Crippen LogP contribution in [-0.4, -0.2) is 36.1 Å². The van der Waals surface area contributed by atoms with Crippen molar-refractivity contribution in [2.45, 2.75) is 45.2 Å². The molecule has 80 valence electrons. The molecule has 3 heteroatoms. The van der Waals surface area contributed by atoms with Gasteiger partial charge in [-0.3, -0.25) is 4.90 Å². The van der Waals surface area contributed by atoms with Crippen LogP contribution >= 0.6 is 0 Å². The maximum Gasteiger partial charge on any atom is 0.108 e. The van der Waals surface area contributed by atoms with Gasteiger partial charge in [0.25, 0.3) is 0 Å². The van der Waals surface area contributed by atoms with E-state index in [4.69, 9.17) is 5.26 Å². The molecule has 0 aromatic rings. The fraction of sp³-hybridized carbons (Fsp3) is 0.909. The second-order valence-corrected chi connectivity index (χ2v) is 4.60. The molecule has 1 aliphatic heterocycles. The molecule has 1 rings (SSSR count). The van der Waals surface area contributed by atoms with E-state index in [0.717, 1.165) is 19.6 Å². The molecule has 1 unspecified atom stereocenters. The summed E-state index contributed by atoms with van der Waals surface area (Å²) in [5, 5.41) is 12.1. The van der Waals surface area contributed by atoms with Crippen LogP contribution in [-0.2, 0) is 0 Å². The van der Waals surface area contributed by atoms with Crippen LogP contribution in [0.2, 0.25) is 0 Å². The molecule has 0 aromatic heterocycles. The molecular formula is C11H21N3. The number of hydrogen-bond donors (Lipinski definition) is 1. The summed E-state index contributed by atoms with van der Waals surface area (Å²) < 4.78 is 0. The first kappa shape index (κ1) is 11.5. The van der Waals surface area contributed by atoms with Crippen LogP contribution in [0.15, 0.2) is 0 Å². The highest BCUT2D eigenvalue weighted by Crippen LogP contribution is 2.27. The average molecular weight is 195 g/mol. The van der Waals surface area contributed by atoms with Crippen molar-refractivity contribution >= 4 is 0 Å². The molecule has 0 saturated carbocycles. The van der Waals surface area contributed by atoms with Gasteiger partial charge in [-0.1, -0.05) is 6.92 Å². The van der Waals surface area contributed by atoms with E-state index < -0.39 is 0 Å². The molecule has 0 amide bonds. The minimum atomic E-state index is -0.0163. The second kappa shape index (κ2) is 4.77. The molecule has 1 N–H and O–H groups in total. The Balaban J connectivity index is 2.46. The van der Waals surface area contributed by atoms with E-state index in [9.17, 15) is 0 Å². The van der Waals surface area contributed by atoms with E-state index in [0.29, 0.717) is 0 Å². The SMILES string of the molecule is CCNC(C#N)CN1CCCC1(C)C. The molecule has 1 saturated heterocycles. The van der Waals surface area contributed by atoms with Gasteiger partial charge in [0, 0.05) is 12.1 Å². The van der Waals surface area contributed by atoms with Crippen molar-refractivity contribution in [3.05, 3.63) is 0 Å². The standard InChI is InChI=1S/C11H21N3/c1-4-13-10(8-12)9-14-7-5-6-11(14,2)3/h10,13H,4-7,9H2,1-3H3. The highest BCUT2D eigenvalue weighted by atomic mass is 15.2.